The summed E-state index contributed by atoms with van der Waals surface area (Å²) in [5, 5.41) is 5.92. The van der Waals surface area contributed by atoms with Crippen molar-refractivity contribution in [3.8, 4) is 5.75 Å². The van der Waals surface area contributed by atoms with E-state index in [-0.39, 0.29) is 17.6 Å². The van der Waals surface area contributed by atoms with Crippen LogP contribution in [0.3, 0.4) is 0 Å². The summed E-state index contributed by atoms with van der Waals surface area (Å²) >= 11 is 1.56. The number of thiazole rings is 1. The quantitative estimate of drug-likeness (QED) is 0.793. The van der Waals surface area contributed by atoms with Gasteiger partial charge < -0.3 is 15.0 Å². The number of nitrogens with one attached hydrogen (secondary N) is 1. The molecule has 1 N–H and O–H groups in total. The number of carbonyl (C=O) groups is 1. The van der Waals surface area contributed by atoms with Crippen LogP contribution in [0.4, 0.5) is 4.79 Å². The second-order valence-corrected chi connectivity index (χ2v) is 8.68. The van der Waals surface area contributed by atoms with Crippen molar-refractivity contribution in [2.75, 3.05) is 0 Å². The minimum atomic E-state index is -0.265. The van der Waals surface area contributed by atoms with E-state index in [0.29, 0.717) is 13.2 Å². The van der Waals surface area contributed by atoms with Crippen molar-refractivity contribution in [3.05, 3.63) is 45.9 Å². The first-order valence-electron chi connectivity index (χ1n) is 8.85. The van der Waals surface area contributed by atoms with Crippen LogP contribution in [0.15, 0.2) is 29.6 Å². The van der Waals surface area contributed by atoms with E-state index in [9.17, 15) is 4.79 Å². The molecule has 1 heterocycles. The number of aromatic nitrogens is 1. The zero-order valence-electron chi connectivity index (χ0n) is 16.5. The van der Waals surface area contributed by atoms with Gasteiger partial charge in [0.25, 0.3) is 0 Å². The smallest absolute Gasteiger partial charge is 0.318 e. The Bertz CT molecular complexity index is 735. The first kappa shape index (κ1) is 20.2. The molecule has 0 bridgehead atoms. The van der Waals surface area contributed by atoms with Crippen LogP contribution < -0.4 is 10.1 Å². The molecule has 26 heavy (non-hydrogen) atoms. The molecule has 1 aromatic carbocycles. The van der Waals surface area contributed by atoms with Gasteiger partial charge in [0.1, 0.15) is 17.4 Å². The van der Waals surface area contributed by atoms with E-state index >= 15 is 0 Å². The minimum absolute atomic E-state index is 0.0712. The number of hydrogen-bond acceptors (Lipinski definition) is 4. The lowest BCUT2D eigenvalue weighted by molar-refractivity contribution is 0.170. The molecule has 2 aromatic rings. The molecule has 0 saturated carbocycles. The zero-order chi connectivity index (χ0) is 19.3. The Hall–Kier alpha value is -2.08. The van der Waals surface area contributed by atoms with Gasteiger partial charge in [0.2, 0.25) is 0 Å². The molecule has 0 aliphatic heterocycles. The second-order valence-electron chi connectivity index (χ2n) is 7.74. The highest BCUT2D eigenvalue weighted by Crippen LogP contribution is 2.18. The molecule has 6 heteroatoms. The summed E-state index contributed by atoms with van der Waals surface area (Å²) in [5.74, 6) is 0.843. The van der Waals surface area contributed by atoms with Crippen molar-refractivity contribution in [1.82, 2.24) is 15.2 Å². The number of urea groups is 1. The van der Waals surface area contributed by atoms with Crippen molar-refractivity contribution >= 4 is 17.4 Å². The summed E-state index contributed by atoms with van der Waals surface area (Å²) < 4.78 is 5.81. The van der Waals surface area contributed by atoms with Gasteiger partial charge in [-0.1, -0.05) is 12.1 Å². The van der Waals surface area contributed by atoms with Gasteiger partial charge in [-0.05, 0) is 59.2 Å². The summed E-state index contributed by atoms with van der Waals surface area (Å²) in [6.45, 7) is 12.9. The van der Waals surface area contributed by atoms with Gasteiger partial charge in [0.05, 0.1) is 12.2 Å². The first-order chi connectivity index (χ1) is 12.1. The molecule has 0 unspecified atom stereocenters. The lowest BCUT2D eigenvalue weighted by Crippen LogP contribution is -2.50. The van der Waals surface area contributed by atoms with Crippen molar-refractivity contribution < 1.29 is 9.53 Å². The Balaban J connectivity index is 1.97. The Morgan fingerprint density at radius 2 is 2.08 bits per heavy atom. The maximum absolute atomic E-state index is 12.5. The maximum Gasteiger partial charge on any atom is 0.318 e. The molecule has 1 aromatic heterocycles. The highest BCUT2D eigenvalue weighted by molar-refractivity contribution is 7.09. The Kier molecular flexibility index (Phi) is 6.64. The molecule has 0 radical (unpaired) electrons. The van der Waals surface area contributed by atoms with Gasteiger partial charge in [-0.3, -0.25) is 0 Å². The number of hydrogen-bond donors (Lipinski definition) is 1. The number of carbonyl (C=O) groups excluding carboxylic acids is 1. The lowest BCUT2D eigenvalue weighted by Gasteiger charge is -2.30. The van der Waals surface area contributed by atoms with Crippen LogP contribution in [0, 0.1) is 6.92 Å². The number of aryl methyl sites for hydroxylation is 1. The number of nitrogens with zero attached hydrogens (tertiary/aromatic N) is 2. The topological polar surface area (TPSA) is 54.5 Å². The third-order valence-corrected chi connectivity index (χ3v) is 4.52. The van der Waals surface area contributed by atoms with Gasteiger partial charge >= 0.3 is 6.03 Å². The predicted molar refractivity (Wildman–Crippen MR) is 107 cm³/mol. The Morgan fingerprint density at radius 1 is 1.35 bits per heavy atom. The van der Waals surface area contributed by atoms with Gasteiger partial charge in [-0.25, -0.2) is 9.78 Å². The highest BCUT2D eigenvalue weighted by atomic mass is 32.1. The summed E-state index contributed by atoms with van der Waals surface area (Å²) in [7, 11) is 0. The average Bonchev–Trinajstić information content (AvgIpc) is 2.96. The zero-order valence-corrected chi connectivity index (χ0v) is 17.3. The summed E-state index contributed by atoms with van der Waals surface area (Å²) in [6, 6.07) is 7.98. The summed E-state index contributed by atoms with van der Waals surface area (Å²) in [5.41, 5.74) is 1.79. The van der Waals surface area contributed by atoms with Crippen LogP contribution in [0.5, 0.6) is 5.75 Å². The predicted octanol–water partition coefficient (Wildman–Crippen LogP) is 4.75. The fraction of sp³-hybridized carbons (Fsp3) is 0.500. The van der Waals surface area contributed by atoms with Crippen molar-refractivity contribution in [1.29, 1.82) is 0 Å². The molecular formula is C20H29N3O2S. The molecule has 2 rings (SSSR count). The largest absolute Gasteiger partial charge is 0.486 e. The molecule has 142 valence electrons. The third-order valence-electron chi connectivity index (χ3n) is 3.65. The van der Waals surface area contributed by atoms with E-state index in [1.807, 2.05) is 71.2 Å². The summed E-state index contributed by atoms with van der Waals surface area (Å²) in [6.07, 6.45) is 0. The number of benzene rings is 1. The van der Waals surface area contributed by atoms with Crippen LogP contribution in [0.1, 0.15) is 50.9 Å². The van der Waals surface area contributed by atoms with E-state index < -0.39 is 0 Å². The maximum atomic E-state index is 12.5. The monoisotopic (exact) mass is 375 g/mol. The van der Waals surface area contributed by atoms with Crippen LogP contribution in [-0.2, 0) is 13.2 Å². The van der Waals surface area contributed by atoms with Gasteiger partial charge in [-0.15, -0.1) is 11.3 Å². The number of ether oxygens (including phenoxy) is 1. The lowest BCUT2D eigenvalue weighted by atomic mass is 10.1. The molecule has 0 atom stereocenters. The normalized spacial score (nSPS) is 11.5. The second kappa shape index (κ2) is 8.54. The Morgan fingerprint density at radius 3 is 2.69 bits per heavy atom. The Labute approximate surface area is 160 Å². The molecule has 5 nitrogen and oxygen atoms in total. The van der Waals surface area contributed by atoms with E-state index in [0.717, 1.165) is 16.5 Å². The van der Waals surface area contributed by atoms with Gasteiger partial charge in [0, 0.05) is 17.0 Å². The SMILES string of the molecule is Cc1cccc(OCc2nc(CN(C(=O)NC(C)(C)C)C(C)C)cs2)c1. The number of amides is 2. The first-order valence-corrected chi connectivity index (χ1v) is 9.73. The van der Waals surface area contributed by atoms with E-state index in [2.05, 4.69) is 10.3 Å². The molecule has 2 amide bonds. The van der Waals surface area contributed by atoms with Crippen molar-refractivity contribution in [2.24, 2.45) is 0 Å². The standard InChI is InChI=1S/C20H29N3O2S/c1-14(2)23(19(24)22-20(4,5)6)11-16-13-26-18(21-16)12-25-17-9-7-8-15(3)10-17/h7-10,13-14H,11-12H2,1-6H3,(H,22,24). The van der Waals surface area contributed by atoms with Crippen LogP contribution in [-0.4, -0.2) is 27.5 Å². The molecular weight excluding hydrogens is 346 g/mol. The van der Waals surface area contributed by atoms with Gasteiger partial charge in [-0.2, -0.15) is 0 Å². The molecule has 0 spiro atoms. The fourth-order valence-electron chi connectivity index (χ4n) is 2.39. The highest BCUT2D eigenvalue weighted by Gasteiger charge is 2.22. The molecule has 0 fully saturated rings. The van der Waals surface area contributed by atoms with Crippen molar-refractivity contribution in [2.45, 2.75) is 66.3 Å². The molecule has 0 saturated heterocycles. The molecule has 0 aliphatic carbocycles. The molecule has 0 aliphatic rings. The van der Waals surface area contributed by atoms with E-state index in [1.165, 1.54) is 5.56 Å². The van der Waals surface area contributed by atoms with Crippen LogP contribution in [0.2, 0.25) is 0 Å². The number of rotatable bonds is 6. The van der Waals surface area contributed by atoms with Crippen LogP contribution in [0.25, 0.3) is 0 Å². The fourth-order valence-corrected chi connectivity index (χ4v) is 3.09. The average molecular weight is 376 g/mol. The van der Waals surface area contributed by atoms with Crippen molar-refractivity contribution in [3.63, 3.8) is 0 Å². The van der Waals surface area contributed by atoms with Crippen LogP contribution >= 0.6 is 11.3 Å². The van der Waals surface area contributed by atoms with E-state index in [1.54, 1.807) is 16.2 Å². The summed E-state index contributed by atoms with van der Waals surface area (Å²) in [4.78, 5) is 18.9. The van der Waals surface area contributed by atoms with Gasteiger partial charge in [0.15, 0.2) is 0 Å². The third kappa shape index (κ3) is 6.33. The minimum Gasteiger partial charge on any atom is -0.486 e. The van der Waals surface area contributed by atoms with E-state index in [4.69, 9.17) is 4.74 Å².